The molecular formula is C13H12F2IN3O. The molecule has 2 N–H and O–H groups in total. The minimum atomic E-state index is -0.717. The van der Waals surface area contributed by atoms with Gasteiger partial charge in [0.15, 0.2) is 5.69 Å². The Morgan fingerprint density at radius 3 is 2.40 bits per heavy atom. The standard InChI is InChI=1S/C13H12F2IN3O/c1-6(2)10-5-11(19-18-10)13(20)17-7-3-8(14)12(16)9(15)4-7/h3-6H,1-2H3,(H,17,20)(H,18,19). The minimum Gasteiger partial charge on any atom is -0.320 e. The largest absolute Gasteiger partial charge is 0.320 e. The van der Waals surface area contributed by atoms with Crippen molar-refractivity contribution in [2.24, 2.45) is 0 Å². The molecule has 0 bridgehead atoms. The maximum absolute atomic E-state index is 13.4. The number of H-pyrrole nitrogens is 1. The highest BCUT2D eigenvalue weighted by atomic mass is 127. The first kappa shape index (κ1) is 14.9. The van der Waals surface area contributed by atoms with Crippen molar-refractivity contribution in [1.29, 1.82) is 0 Å². The lowest BCUT2D eigenvalue weighted by molar-refractivity contribution is 0.102. The Labute approximate surface area is 128 Å². The Balaban J connectivity index is 2.19. The molecule has 106 valence electrons. The number of carbonyl (C=O) groups excluding carboxylic acids is 1. The van der Waals surface area contributed by atoms with Crippen LogP contribution in [-0.2, 0) is 0 Å². The Morgan fingerprint density at radius 2 is 1.90 bits per heavy atom. The third kappa shape index (κ3) is 3.14. The SMILES string of the molecule is CC(C)c1cc(C(=O)Nc2cc(F)c(I)c(F)c2)n[nH]1. The number of anilines is 1. The highest BCUT2D eigenvalue weighted by molar-refractivity contribution is 14.1. The van der Waals surface area contributed by atoms with Gasteiger partial charge >= 0.3 is 0 Å². The molecule has 1 amide bonds. The van der Waals surface area contributed by atoms with Gasteiger partial charge in [-0.15, -0.1) is 0 Å². The van der Waals surface area contributed by atoms with Crippen LogP contribution in [0.15, 0.2) is 18.2 Å². The van der Waals surface area contributed by atoms with Gasteiger partial charge in [0, 0.05) is 11.4 Å². The van der Waals surface area contributed by atoms with Crippen LogP contribution >= 0.6 is 22.6 Å². The summed E-state index contributed by atoms with van der Waals surface area (Å²) in [6.45, 7) is 3.91. The van der Waals surface area contributed by atoms with Crippen molar-refractivity contribution in [3.05, 3.63) is 44.8 Å². The first-order valence-electron chi connectivity index (χ1n) is 5.89. The normalized spacial score (nSPS) is 10.9. The maximum Gasteiger partial charge on any atom is 0.276 e. The molecule has 0 unspecified atom stereocenters. The van der Waals surface area contributed by atoms with Crippen LogP contribution in [0.5, 0.6) is 0 Å². The summed E-state index contributed by atoms with van der Waals surface area (Å²) >= 11 is 1.56. The molecule has 2 rings (SSSR count). The number of nitrogens with zero attached hydrogens (tertiary/aromatic N) is 1. The van der Waals surface area contributed by atoms with Crippen molar-refractivity contribution in [2.75, 3.05) is 5.32 Å². The number of amides is 1. The monoisotopic (exact) mass is 391 g/mol. The lowest BCUT2D eigenvalue weighted by atomic mass is 10.1. The molecule has 0 fully saturated rings. The molecular weight excluding hydrogens is 379 g/mol. The van der Waals surface area contributed by atoms with Crippen LogP contribution < -0.4 is 5.32 Å². The molecule has 1 heterocycles. The van der Waals surface area contributed by atoms with Gasteiger partial charge in [0.05, 0.1) is 3.57 Å². The Kier molecular flexibility index (Phi) is 4.36. The topological polar surface area (TPSA) is 57.8 Å². The van der Waals surface area contributed by atoms with Crippen LogP contribution in [0, 0.1) is 15.2 Å². The first-order chi connectivity index (χ1) is 9.38. The number of rotatable bonds is 3. The molecule has 0 aliphatic carbocycles. The van der Waals surface area contributed by atoms with E-state index < -0.39 is 17.5 Å². The van der Waals surface area contributed by atoms with Crippen molar-refractivity contribution in [3.63, 3.8) is 0 Å². The third-order valence-corrected chi connectivity index (χ3v) is 3.72. The molecule has 2 aromatic rings. The van der Waals surface area contributed by atoms with Crippen molar-refractivity contribution in [2.45, 2.75) is 19.8 Å². The van der Waals surface area contributed by atoms with Crippen LogP contribution in [0.25, 0.3) is 0 Å². The van der Waals surface area contributed by atoms with Gasteiger partial charge in [-0.2, -0.15) is 5.10 Å². The van der Waals surface area contributed by atoms with Gasteiger partial charge < -0.3 is 5.32 Å². The van der Waals surface area contributed by atoms with Gasteiger partial charge in [-0.05, 0) is 46.7 Å². The van der Waals surface area contributed by atoms with Crippen LogP contribution in [0.3, 0.4) is 0 Å². The van der Waals surface area contributed by atoms with E-state index in [0.29, 0.717) is 0 Å². The third-order valence-electron chi connectivity index (χ3n) is 2.69. The molecule has 0 spiro atoms. The lowest BCUT2D eigenvalue weighted by Gasteiger charge is -2.05. The molecule has 0 aliphatic heterocycles. The predicted molar refractivity (Wildman–Crippen MR) is 79.7 cm³/mol. The number of nitrogens with one attached hydrogen (secondary N) is 2. The maximum atomic E-state index is 13.4. The van der Waals surface area contributed by atoms with Crippen LogP contribution in [0.1, 0.15) is 35.9 Å². The molecule has 0 saturated carbocycles. The summed E-state index contributed by atoms with van der Waals surface area (Å²) in [7, 11) is 0. The van der Waals surface area contributed by atoms with Gasteiger partial charge in [0.2, 0.25) is 0 Å². The van der Waals surface area contributed by atoms with E-state index in [1.54, 1.807) is 28.7 Å². The molecule has 4 nitrogen and oxygen atoms in total. The zero-order chi connectivity index (χ0) is 14.9. The molecule has 0 saturated heterocycles. The zero-order valence-electron chi connectivity index (χ0n) is 10.8. The second kappa shape index (κ2) is 5.86. The average Bonchev–Trinajstić information content (AvgIpc) is 2.85. The van der Waals surface area contributed by atoms with Crippen LogP contribution in [0.2, 0.25) is 0 Å². The quantitative estimate of drug-likeness (QED) is 0.620. The molecule has 7 heteroatoms. The summed E-state index contributed by atoms with van der Waals surface area (Å²) in [5.41, 5.74) is 1.04. The number of aromatic amines is 1. The summed E-state index contributed by atoms with van der Waals surface area (Å²) in [5.74, 6) is -1.75. The molecule has 20 heavy (non-hydrogen) atoms. The predicted octanol–water partition coefficient (Wildman–Crippen LogP) is 3.67. The summed E-state index contributed by atoms with van der Waals surface area (Å²) < 4.78 is 26.7. The fraction of sp³-hybridized carbons (Fsp3) is 0.231. The van der Waals surface area contributed by atoms with E-state index in [-0.39, 0.29) is 20.9 Å². The molecule has 1 aromatic carbocycles. The Hall–Kier alpha value is -1.51. The summed E-state index contributed by atoms with van der Waals surface area (Å²) in [5, 5.41) is 9.03. The smallest absolute Gasteiger partial charge is 0.276 e. The molecule has 0 radical (unpaired) electrons. The van der Waals surface area contributed by atoms with Gasteiger partial charge in [0.1, 0.15) is 11.6 Å². The van der Waals surface area contributed by atoms with Gasteiger partial charge in [-0.1, -0.05) is 13.8 Å². The fourth-order valence-corrected chi connectivity index (χ4v) is 1.88. The second-order valence-electron chi connectivity index (χ2n) is 4.57. The Bertz CT molecular complexity index is 632. The second-order valence-corrected chi connectivity index (χ2v) is 5.65. The van der Waals surface area contributed by atoms with Crippen molar-refractivity contribution >= 4 is 34.2 Å². The van der Waals surface area contributed by atoms with E-state index >= 15 is 0 Å². The number of benzene rings is 1. The molecule has 0 aliphatic rings. The number of halogens is 3. The summed E-state index contributed by atoms with van der Waals surface area (Å²) in [4.78, 5) is 11.9. The van der Waals surface area contributed by atoms with E-state index in [9.17, 15) is 13.6 Å². The van der Waals surface area contributed by atoms with E-state index in [1.165, 1.54) is 0 Å². The van der Waals surface area contributed by atoms with Crippen LogP contribution in [0.4, 0.5) is 14.5 Å². The zero-order valence-corrected chi connectivity index (χ0v) is 13.0. The number of carbonyl (C=O) groups is 1. The number of hydrogen-bond acceptors (Lipinski definition) is 2. The number of aromatic nitrogens is 2. The van der Waals surface area contributed by atoms with E-state index in [1.807, 2.05) is 13.8 Å². The van der Waals surface area contributed by atoms with Gasteiger partial charge in [0.25, 0.3) is 5.91 Å². The van der Waals surface area contributed by atoms with Crippen molar-refractivity contribution < 1.29 is 13.6 Å². The summed E-state index contributed by atoms with van der Waals surface area (Å²) in [6.07, 6.45) is 0. The molecule has 1 aromatic heterocycles. The van der Waals surface area contributed by atoms with E-state index in [2.05, 4.69) is 15.5 Å². The minimum absolute atomic E-state index is 0.0551. The van der Waals surface area contributed by atoms with Gasteiger partial charge in [-0.3, -0.25) is 9.89 Å². The Morgan fingerprint density at radius 1 is 1.30 bits per heavy atom. The van der Waals surface area contributed by atoms with Crippen molar-refractivity contribution in [1.82, 2.24) is 10.2 Å². The molecule has 0 atom stereocenters. The number of hydrogen-bond donors (Lipinski definition) is 2. The van der Waals surface area contributed by atoms with E-state index in [0.717, 1.165) is 17.8 Å². The van der Waals surface area contributed by atoms with Crippen LogP contribution in [-0.4, -0.2) is 16.1 Å². The average molecular weight is 391 g/mol. The highest BCUT2D eigenvalue weighted by Crippen LogP contribution is 2.21. The van der Waals surface area contributed by atoms with Gasteiger partial charge in [-0.25, -0.2) is 8.78 Å². The van der Waals surface area contributed by atoms with E-state index in [4.69, 9.17) is 0 Å². The lowest BCUT2D eigenvalue weighted by Crippen LogP contribution is -2.13. The highest BCUT2D eigenvalue weighted by Gasteiger charge is 2.14. The van der Waals surface area contributed by atoms with Crippen molar-refractivity contribution in [3.8, 4) is 0 Å². The first-order valence-corrected chi connectivity index (χ1v) is 6.97. The fourth-order valence-electron chi connectivity index (χ4n) is 1.57. The summed E-state index contributed by atoms with van der Waals surface area (Å²) in [6, 6.07) is 3.75.